The number of halogens is 3. The fourth-order valence-electron chi connectivity index (χ4n) is 3.30. The molecule has 2 fully saturated rings. The van der Waals surface area contributed by atoms with Crippen LogP contribution in [0.4, 0.5) is 13.2 Å². The van der Waals surface area contributed by atoms with Gasteiger partial charge in [-0.2, -0.15) is 13.2 Å². The Kier molecular flexibility index (Phi) is 6.82. The van der Waals surface area contributed by atoms with Gasteiger partial charge in [0.25, 0.3) is 0 Å². The number of likely N-dealkylation sites (tertiary alicyclic amines) is 1. The Hall–Kier alpha value is -1.87. The molecule has 0 aromatic carbocycles. The number of pyridine rings is 1. The second-order valence-corrected chi connectivity index (χ2v) is 6.67. The van der Waals surface area contributed by atoms with Crippen LogP contribution in [0.25, 0.3) is 0 Å². The zero-order chi connectivity index (χ0) is 19.2. The standard InChI is InChI=1S/C15H22N2O2.C2HF3O2/c1-17-11-15(12-17)10-13(6-9-19-15)5-8-18-14-4-2-3-7-16-14;3-2(4,5)1(6)7/h2-4,7,13H,5-6,8-12H2,1H3;(H,6,7). The van der Waals surface area contributed by atoms with Crippen LogP contribution in [-0.4, -0.2) is 66.1 Å². The third-order valence-electron chi connectivity index (χ3n) is 4.37. The van der Waals surface area contributed by atoms with Gasteiger partial charge in [0, 0.05) is 32.0 Å². The maximum Gasteiger partial charge on any atom is 0.490 e. The predicted octanol–water partition coefficient (Wildman–Crippen LogP) is 2.59. The number of likely N-dealkylation sites (N-methyl/N-ethyl adjacent to an activating group) is 1. The maximum atomic E-state index is 10.6. The number of hydrogen-bond acceptors (Lipinski definition) is 5. The molecule has 6 nitrogen and oxygen atoms in total. The lowest BCUT2D eigenvalue weighted by molar-refractivity contribution is -0.192. The number of rotatable bonds is 4. The van der Waals surface area contributed by atoms with Crippen molar-refractivity contribution in [2.45, 2.75) is 31.0 Å². The third-order valence-corrected chi connectivity index (χ3v) is 4.37. The van der Waals surface area contributed by atoms with Gasteiger partial charge >= 0.3 is 12.1 Å². The van der Waals surface area contributed by atoms with Crippen molar-refractivity contribution in [3.8, 4) is 5.88 Å². The van der Waals surface area contributed by atoms with Gasteiger partial charge in [-0.15, -0.1) is 0 Å². The molecule has 1 atom stereocenters. The summed E-state index contributed by atoms with van der Waals surface area (Å²) in [7, 11) is 2.16. The van der Waals surface area contributed by atoms with Crippen LogP contribution in [0.15, 0.2) is 24.4 Å². The minimum absolute atomic E-state index is 0.155. The number of aliphatic carboxylic acids is 1. The Labute approximate surface area is 149 Å². The molecular formula is C17H23F3N2O4. The van der Waals surface area contributed by atoms with Crippen molar-refractivity contribution >= 4 is 5.97 Å². The molecule has 3 heterocycles. The number of nitrogens with zero attached hydrogens (tertiary/aromatic N) is 2. The Balaban J connectivity index is 0.000000298. The lowest BCUT2D eigenvalue weighted by Gasteiger charge is -2.52. The van der Waals surface area contributed by atoms with Crippen molar-refractivity contribution in [3.05, 3.63) is 24.4 Å². The molecule has 9 heteroatoms. The van der Waals surface area contributed by atoms with Crippen molar-refractivity contribution in [1.29, 1.82) is 0 Å². The summed E-state index contributed by atoms with van der Waals surface area (Å²) in [5, 5.41) is 7.12. The van der Waals surface area contributed by atoms with Crippen LogP contribution >= 0.6 is 0 Å². The lowest BCUT2D eigenvalue weighted by Crippen LogP contribution is -2.63. The molecule has 2 aliphatic heterocycles. The number of carboxylic acids is 1. The van der Waals surface area contributed by atoms with E-state index >= 15 is 0 Å². The summed E-state index contributed by atoms with van der Waals surface area (Å²) in [6, 6.07) is 5.77. The zero-order valence-electron chi connectivity index (χ0n) is 14.5. The highest BCUT2D eigenvalue weighted by molar-refractivity contribution is 5.73. The first-order valence-corrected chi connectivity index (χ1v) is 8.37. The highest BCUT2D eigenvalue weighted by atomic mass is 19.4. The van der Waals surface area contributed by atoms with E-state index in [2.05, 4.69) is 16.9 Å². The summed E-state index contributed by atoms with van der Waals surface area (Å²) >= 11 is 0. The molecule has 2 saturated heterocycles. The van der Waals surface area contributed by atoms with Crippen LogP contribution in [0.3, 0.4) is 0 Å². The van der Waals surface area contributed by atoms with E-state index in [9.17, 15) is 13.2 Å². The quantitative estimate of drug-likeness (QED) is 0.871. The van der Waals surface area contributed by atoms with E-state index in [1.54, 1.807) is 6.20 Å². The van der Waals surface area contributed by atoms with Crippen LogP contribution in [0.1, 0.15) is 19.3 Å². The number of carboxylic acid groups (broad SMARTS) is 1. The molecule has 146 valence electrons. The normalized spacial score (nSPS) is 22.1. The molecule has 1 unspecified atom stereocenters. The van der Waals surface area contributed by atoms with Crippen molar-refractivity contribution in [3.63, 3.8) is 0 Å². The summed E-state index contributed by atoms with van der Waals surface area (Å²) in [5.74, 6) is -1.30. The number of aromatic nitrogens is 1. The molecule has 0 bridgehead atoms. The fourth-order valence-corrected chi connectivity index (χ4v) is 3.30. The van der Waals surface area contributed by atoms with Crippen molar-refractivity contribution in [1.82, 2.24) is 9.88 Å². The van der Waals surface area contributed by atoms with E-state index in [1.165, 1.54) is 6.42 Å². The number of hydrogen-bond donors (Lipinski definition) is 1. The molecule has 0 aliphatic carbocycles. The van der Waals surface area contributed by atoms with E-state index in [0.717, 1.165) is 50.9 Å². The molecular weight excluding hydrogens is 353 g/mol. The van der Waals surface area contributed by atoms with Crippen LogP contribution < -0.4 is 4.74 Å². The Bertz CT molecular complexity index is 572. The second-order valence-electron chi connectivity index (χ2n) is 6.67. The van der Waals surface area contributed by atoms with Gasteiger partial charge in [0.15, 0.2) is 0 Å². The van der Waals surface area contributed by atoms with Crippen LogP contribution in [0.5, 0.6) is 5.88 Å². The van der Waals surface area contributed by atoms with Gasteiger partial charge in [-0.25, -0.2) is 9.78 Å². The summed E-state index contributed by atoms with van der Waals surface area (Å²) in [4.78, 5) is 15.4. The first kappa shape index (κ1) is 20.4. The highest BCUT2D eigenvalue weighted by Crippen LogP contribution is 2.37. The van der Waals surface area contributed by atoms with Gasteiger partial charge in [0.05, 0.1) is 12.2 Å². The van der Waals surface area contributed by atoms with Gasteiger partial charge < -0.3 is 19.5 Å². The lowest BCUT2D eigenvalue weighted by atomic mass is 9.79. The largest absolute Gasteiger partial charge is 0.490 e. The average molecular weight is 376 g/mol. The first-order chi connectivity index (χ1) is 12.2. The van der Waals surface area contributed by atoms with Gasteiger partial charge in [0.1, 0.15) is 0 Å². The summed E-state index contributed by atoms with van der Waals surface area (Å²) in [6.07, 6.45) is 0.133. The topological polar surface area (TPSA) is 71.9 Å². The van der Waals surface area contributed by atoms with E-state index < -0.39 is 12.1 Å². The van der Waals surface area contributed by atoms with E-state index in [4.69, 9.17) is 19.4 Å². The van der Waals surface area contributed by atoms with Crippen LogP contribution in [-0.2, 0) is 9.53 Å². The Morgan fingerprint density at radius 3 is 2.69 bits per heavy atom. The zero-order valence-corrected chi connectivity index (χ0v) is 14.5. The van der Waals surface area contributed by atoms with E-state index in [0.29, 0.717) is 0 Å². The van der Waals surface area contributed by atoms with Crippen LogP contribution in [0.2, 0.25) is 0 Å². The average Bonchev–Trinajstić information content (AvgIpc) is 2.55. The van der Waals surface area contributed by atoms with Gasteiger partial charge in [-0.3, -0.25) is 0 Å². The minimum atomic E-state index is -5.08. The molecule has 1 spiro atoms. The molecule has 3 rings (SSSR count). The molecule has 0 amide bonds. The SMILES string of the molecule is CN1CC2(CC(CCOc3ccccn3)CCO2)C1.O=C(O)C(F)(F)F. The minimum Gasteiger partial charge on any atom is -0.478 e. The van der Waals surface area contributed by atoms with Gasteiger partial charge in [-0.1, -0.05) is 6.07 Å². The van der Waals surface area contributed by atoms with Crippen molar-refractivity contribution in [2.24, 2.45) is 5.92 Å². The molecule has 2 aliphatic rings. The van der Waals surface area contributed by atoms with Gasteiger partial charge in [0.2, 0.25) is 5.88 Å². The molecule has 26 heavy (non-hydrogen) atoms. The van der Waals surface area contributed by atoms with Gasteiger partial charge in [-0.05, 0) is 38.3 Å². The number of carbonyl (C=O) groups is 1. The highest BCUT2D eigenvalue weighted by Gasteiger charge is 2.45. The third kappa shape index (κ3) is 6.14. The molecule has 0 saturated carbocycles. The summed E-state index contributed by atoms with van der Waals surface area (Å²) < 4.78 is 43.4. The summed E-state index contributed by atoms with van der Waals surface area (Å²) in [6.45, 7) is 3.84. The van der Waals surface area contributed by atoms with Crippen LogP contribution in [0, 0.1) is 5.92 Å². The second kappa shape index (κ2) is 8.68. The Morgan fingerprint density at radius 2 is 2.15 bits per heavy atom. The van der Waals surface area contributed by atoms with Crippen molar-refractivity contribution < 1.29 is 32.5 Å². The monoisotopic (exact) mass is 376 g/mol. The molecule has 0 radical (unpaired) electrons. The molecule has 1 aromatic rings. The van der Waals surface area contributed by atoms with Crippen molar-refractivity contribution in [2.75, 3.05) is 33.4 Å². The summed E-state index contributed by atoms with van der Waals surface area (Å²) in [5.41, 5.74) is 0.155. The first-order valence-electron chi connectivity index (χ1n) is 8.37. The Morgan fingerprint density at radius 1 is 1.46 bits per heavy atom. The number of alkyl halides is 3. The predicted molar refractivity (Wildman–Crippen MR) is 86.9 cm³/mol. The fraction of sp³-hybridized carbons (Fsp3) is 0.647. The maximum absolute atomic E-state index is 10.6. The smallest absolute Gasteiger partial charge is 0.478 e. The molecule has 1 N–H and O–H groups in total. The number of ether oxygens (including phenoxy) is 2. The molecule has 1 aromatic heterocycles. The van der Waals surface area contributed by atoms with E-state index in [-0.39, 0.29) is 5.60 Å². The van der Waals surface area contributed by atoms with E-state index in [1.807, 2.05) is 18.2 Å².